The molecule has 1 aromatic carbocycles. The second-order valence-electron chi connectivity index (χ2n) is 5.50. The molecule has 148 valence electrons. The van der Waals surface area contributed by atoms with Crippen LogP contribution in [-0.2, 0) is 16.2 Å². The van der Waals surface area contributed by atoms with Crippen molar-refractivity contribution in [2.24, 2.45) is 0 Å². The van der Waals surface area contributed by atoms with E-state index in [9.17, 15) is 21.6 Å². The molecule has 2 heterocycles. The van der Waals surface area contributed by atoms with Crippen LogP contribution in [0.25, 0.3) is 11.5 Å². The van der Waals surface area contributed by atoms with Crippen LogP contribution in [0.3, 0.4) is 0 Å². The molecule has 0 radical (unpaired) electrons. The summed E-state index contributed by atoms with van der Waals surface area (Å²) in [5, 5.41) is 7.77. The third kappa shape index (κ3) is 4.87. The van der Waals surface area contributed by atoms with Gasteiger partial charge in [-0.1, -0.05) is 0 Å². The number of benzene rings is 1. The van der Waals surface area contributed by atoms with E-state index in [2.05, 4.69) is 14.9 Å². The molecule has 0 saturated heterocycles. The smallest absolute Gasteiger partial charge is 0.416 e. The third-order valence-electron chi connectivity index (χ3n) is 3.55. The molecule has 0 amide bonds. The Bertz CT molecular complexity index is 1000. The summed E-state index contributed by atoms with van der Waals surface area (Å²) in [7, 11) is -3.96. The van der Waals surface area contributed by atoms with Crippen LogP contribution in [0.2, 0.25) is 0 Å². The Hall–Kier alpha value is -2.92. The minimum Gasteiger partial charge on any atom is -0.475 e. The van der Waals surface area contributed by atoms with Crippen molar-refractivity contribution in [2.75, 3.05) is 13.2 Å². The number of nitrogens with one attached hydrogen (secondary N) is 1. The number of rotatable bonds is 7. The standard InChI is InChI=1S/C17H14F3N3O4S/c18-17(19,20)12-3-5-13(6-4-12)28(24,25)21-9-11-27-16-8-7-14(22-23-16)15-2-1-10-26-15/h1-8,10,21H,9,11H2. The van der Waals surface area contributed by atoms with Crippen molar-refractivity contribution < 1.29 is 30.7 Å². The molecule has 7 nitrogen and oxygen atoms in total. The van der Waals surface area contributed by atoms with Crippen molar-refractivity contribution in [2.45, 2.75) is 11.1 Å². The fourth-order valence-electron chi connectivity index (χ4n) is 2.19. The summed E-state index contributed by atoms with van der Waals surface area (Å²) in [5.74, 6) is 0.729. The van der Waals surface area contributed by atoms with Crippen LogP contribution in [0, 0.1) is 0 Å². The van der Waals surface area contributed by atoms with Gasteiger partial charge in [0.2, 0.25) is 15.9 Å². The van der Waals surface area contributed by atoms with E-state index < -0.39 is 21.8 Å². The Balaban J connectivity index is 1.51. The van der Waals surface area contributed by atoms with E-state index in [1.165, 1.54) is 6.26 Å². The summed E-state index contributed by atoms with van der Waals surface area (Å²) in [6.07, 6.45) is -3.03. The Labute approximate surface area is 158 Å². The minimum atomic E-state index is -4.53. The van der Waals surface area contributed by atoms with Gasteiger partial charge in [0.25, 0.3) is 0 Å². The minimum absolute atomic E-state index is 0.0470. The predicted molar refractivity (Wildman–Crippen MR) is 91.9 cm³/mol. The first-order valence-electron chi connectivity index (χ1n) is 7.93. The maximum absolute atomic E-state index is 12.5. The molecule has 0 spiro atoms. The summed E-state index contributed by atoms with van der Waals surface area (Å²) in [6, 6.07) is 9.83. The molecule has 0 saturated carbocycles. The summed E-state index contributed by atoms with van der Waals surface area (Å²) in [6.45, 7) is -0.153. The molecule has 11 heteroatoms. The molecule has 0 aliphatic rings. The largest absolute Gasteiger partial charge is 0.475 e. The molecule has 1 N–H and O–H groups in total. The van der Waals surface area contributed by atoms with Crippen molar-refractivity contribution >= 4 is 10.0 Å². The highest BCUT2D eigenvalue weighted by Crippen LogP contribution is 2.29. The number of furan rings is 1. The first-order valence-corrected chi connectivity index (χ1v) is 9.41. The molecule has 28 heavy (non-hydrogen) atoms. The van der Waals surface area contributed by atoms with Gasteiger partial charge in [-0.05, 0) is 42.5 Å². The maximum atomic E-state index is 12.5. The van der Waals surface area contributed by atoms with E-state index in [1.54, 1.807) is 24.3 Å². The van der Waals surface area contributed by atoms with Crippen molar-refractivity contribution in [1.29, 1.82) is 0 Å². The zero-order chi connectivity index (χ0) is 20.2. The second-order valence-corrected chi connectivity index (χ2v) is 7.27. The van der Waals surface area contributed by atoms with Gasteiger partial charge in [-0.25, -0.2) is 13.1 Å². The van der Waals surface area contributed by atoms with Gasteiger partial charge in [-0.2, -0.15) is 13.2 Å². The third-order valence-corrected chi connectivity index (χ3v) is 5.03. The van der Waals surface area contributed by atoms with Gasteiger partial charge >= 0.3 is 6.18 Å². The summed E-state index contributed by atoms with van der Waals surface area (Å²) < 4.78 is 74.5. The van der Waals surface area contributed by atoms with Crippen LogP contribution < -0.4 is 9.46 Å². The lowest BCUT2D eigenvalue weighted by Gasteiger charge is -2.10. The number of hydrogen-bond acceptors (Lipinski definition) is 6. The van der Waals surface area contributed by atoms with E-state index in [1.807, 2.05) is 0 Å². The van der Waals surface area contributed by atoms with E-state index >= 15 is 0 Å². The van der Waals surface area contributed by atoms with E-state index in [0.717, 1.165) is 12.1 Å². The van der Waals surface area contributed by atoms with Gasteiger partial charge in [-0.3, -0.25) is 0 Å². The highest BCUT2D eigenvalue weighted by atomic mass is 32.2. The van der Waals surface area contributed by atoms with Gasteiger partial charge in [0.05, 0.1) is 16.7 Å². The van der Waals surface area contributed by atoms with Crippen molar-refractivity contribution in [3.63, 3.8) is 0 Å². The number of alkyl halides is 3. The average Bonchev–Trinajstić information content (AvgIpc) is 3.20. The van der Waals surface area contributed by atoms with Crippen LogP contribution in [0.15, 0.2) is 64.1 Å². The van der Waals surface area contributed by atoms with Crippen molar-refractivity contribution in [3.8, 4) is 17.3 Å². The number of ether oxygens (including phenoxy) is 1. The molecule has 0 aliphatic heterocycles. The number of halogens is 3. The normalized spacial score (nSPS) is 12.1. The zero-order valence-electron chi connectivity index (χ0n) is 14.2. The van der Waals surface area contributed by atoms with Gasteiger partial charge in [0, 0.05) is 12.6 Å². The van der Waals surface area contributed by atoms with Gasteiger partial charge < -0.3 is 9.15 Å². The van der Waals surface area contributed by atoms with Gasteiger partial charge in [0.15, 0.2) is 5.76 Å². The molecule has 2 aromatic heterocycles. The Morgan fingerprint density at radius 2 is 1.79 bits per heavy atom. The fourth-order valence-corrected chi connectivity index (χ4v) is 3.20. The lowest BCUT2D eigenvalue weighted by Crippen LogP contribution is -2.28. The monoisotopic (exact) mass is 413 g/mol. The topological polar surface area (TPSA) is 94.3 Å². The molecule has 3 aromatic rings. The van der Waals surface area contributed by atoms with Crippen molar-refractivity contribution in [3.05, 3.63) is 60.4 Å². The Kier molecular flexibility index (Phi) is 5.66. The first kappa shape index (κ1) is 19.8. The zero-order valence-corrected chi connectivity index (χ0v) is 15.0. The molecular formula is C17H14F3N3O4S. The Morgan fingerprint density at radius 3 is 2.36 bits per heavy atom. The predicted octanol–water partition coefficient (Wildman–Crippen LogP) is 3.11. The lowest BCUT2D eigenvalue weighted by atomic mass is 10.2. The van der Waals surface area contributed by atoms with E-state index in [4.69, 9.17) is 9.15 Å². The van der Waals surface area contributed by atoms with Crippen LogP contribution >= 0.6 is 0 Å². The number of nitrogens with zero attached hydrogens (tertiary/aromatic N) is 2. The molecule has 0 bridgehead atoms. The summed E-state index contributed by atoms with van der Waals surface area (Å²) in [4.78, 5) is -0.275. The van der Waals surface area contributed by atoms with Gasteiger partial charge in [0.1, 0.15) is 12.3 Å². The van der Waals surface area contributed by atoms with Gasteiger partial charge in [-0.15, -0.1) is 10.2 Å². The first-order chi connectivity index (χ1) is 13.3. The van der Waals surface area contributed by atoms with Crippen LogP contribution in [0.4, 0.5) is 13.2 Å². The fraction of sp³-hybridized carbons (Fsp3) is 0.176. The molecular weight excluding hydrogens is 399 g/mol. The number of aromatic nitrogens is 2. The van der Waals surface area contributed by atoms with E-state index in [-0.39, 0.29) is 23.9 Å². The SMILES string of the molecule is O=S(=O)(NCCOc1ccc(-c2ccco2)nn1)c1ccc(C(F)(F)F)cc1. The molecule has 0 fully saturated rings. The number of hydrogen-bond donors (Lipinski definition) is 1. The molecule has 0 unspecified atom stereocenters. The highest BCUT2D eigenvalue weighted by Gasteiger charge is 2.30. The maximum Gasteiger partial charge on any atom is 0.416 e. The van der Waals surface area contributed by atoms with Crippen molar-refractivity contribution in [1.82, 2.24) is 14.9 Å². The lowest BCUT2D eigenvalue weighted by molar-refractivity contribution is -0.137. The van der Waals surface area contributed by atoms with Crippen LogP contribution in [-0.4, -0.2) is 31.8 Å². The molecule has 0 atom stereocenters. The molecule has 3 rings (SSSR count). The molecule has 0 aliphatic carbocycles. The summed E-state index contributed by atoms with van der Waals surface area (Å²) >= 11 is 0. The van der Waals surface area contributed by atoms with E-state index in [0.29, 0.717) is 23.6 Å². The Morgan fingerprint density at radius 1 is 1.04 bits per heavy atom. The van der Waals surface area contributed by atoms with Crippen LogP contribution in [0.5, 0.6) is 5.88 Å². The average molecular weight is 413 g/mol. The number of sulfonamides is 1. The van der Waals surface area contributed by atoms with Crippen LogP contribution in [0.1, 0.15) is 5.56 Å². The highest BCUT2D eigenvalue weighted by molar-refractivity contribution is 7.89. The second kappa shape index (κ2) is 7.98. The summed E-state index contributed by atoms with van der Waals surface area (Å²) in [5.41, 5.74) is -0.410. The quantitative estimate of drug-likeness (QED) is 0.598.